The van der Waals surface area contributed by atoms with Gasteiger partial charge in [-0.05, 0) is 57.0 Å². The van der Waals surface area contributed by atoms with Gasteiger partial charge in [0.2, 0.25) is 0 Å². The zero-order chi connectivity index (χ0) is 22.1. The van der Waals surface area contributed by atoms with Gasteiger partial charge in [0, 0.05) is 42.1 Å². The van der Waals surface area contributed by atoms with Gasteiger partial charge < -0.3 is 15.2 Å². The van der Waals surface area contributed by atoms with Crippen LogP contribution in [0, 0.1) is 0 Å². The van der Waals surface area contributed by atoms with Gasteiger partial charge in [0.25, 0.3) is 0 Å². The molecule has 4 aromatic heterocycles. The lowest BCUT2D eigenvalue weighted by atomic mass is 10.0. The largest absolute Gasteiger partial charge is 0.453 e. The molecule has 32 heavy (non-hydrogen) atoms. The third kappa shape index (κ3) is 4.45. The fourth-order valence-electron chi connectivity index (χ4n) is 3.35. The number of pyridine rings is 3. The number of nitrogens with zero attached hydrogens (tertiary/aromatic N) is 5. The Kier molecular flexibility index (Phi) is 5.07. The molecule has 0 spiro atoms. The fourth-order valence-corrected chi connectivity index (χ4v) is 3.35. The van der Waals surface area contributed by atoms with Crippen LogP contribution in [0.3, 0.4) is 0 Å². The van der Waals surface area contributed by atoms with E-state index in [2.05, 4.69) is 20.3 Å². The molecule has 1 fully saturated rings. The van der Waals surface area contributed by atoms with E-state index in [9.17, 15) is 5.11 Å². The van der Waals surface area contributed by atoms with Crippen LogP contribution >= 0.6 is 0 Å². The molecular weight excluding hydrogens is 404 g/mol. The minimum absolute atomic E-state index is 0.444. The molecular formula is C24H24N6O2. The molecule has 0 saturated heterocycles. The summed E-state index contributed by atoms with van der Waals surface area (Å²) in [6.45, 7) is 3.40. The average molecular weight is 428 g/mol. The van der Waals surface area contributed by atoms with Gasteiger partial charge in [0.05, 0.1) is 17.9 Å². The van der Waals surface area contributed by atoms with Crippen LogP contribution in [-0.4, -0.2) is 29.8 Å². The lowest BCUT2D eigenvalue weighted by Gasteiger charge is -2.17. The van der Waals surface area contributed by atoms with Gasteiger partial charge in [-0.1, -0.05) is 0 Å². The summed E-state index contributed by atoms with van der Waals surface area (Å²) in [7, 11) is 0. The Bertz CT molecular complexity index is 1230. The highest BCUT2D eigenvalue weighted by Gasteiger charge is 2.27. The minimum atomic E-state index is -1.03. The van der Waals surface area contributed by atoms with Crippen LogP contribution in [0.5, 0.6) is 11.5 Å². The SMILES string of the molecule is CC(C)(O)c1cc(Nc2cc(Oc3cn(C4CC4)nc3-c3ccncc3)ccn2)ccn1. The smallest absolute Gasteiger partial charge is 0.173 e. The monoisotopic (exact) mass is 428 g/mol. The highest BCUT2D eigenvalue weighted by atomic mass is 16.5. The number of aliphatic hydroxyl groups is 1. The molecule has 162 valence electrons. The van der Waals surface area contributed by atoms with Crippen LogP contribution in [0.1, 0.15) is 38.4 Å². The first-order chi connectivity index (χ1) is 15.5. The summed E-state index contributed by atoms with van der Waals surface area (Å²) in [4.78, 5) is 12.7. The second kappa shape index (κ2) is 8.05. The number of hydrogen-bond donors (Lipinski definition) is 2. The molecule has 1 aliphatic rings. The Morgan fingerprint density at radius 1 is 1.03 bits per heavy atom. The lowest BCUT2D eigenvalue weighted by Crippen LogP contribution is -2.17. The van der Waals surface area contributed by atoms with Crippen LogP contribution < -0.4 is 10.1 Å². The van der Waals surface area contributed by atoms with E-state index in [0.717, 1.165) is 29.8 Å². The number of nitrogens with one attached hydrogen (secondary N) is 1. The quantitative estimate of drug-likeness (QED) is 0.435. The minimum Gasteiger partial charge on any atom is -0.453 e. The lowest BCUT2D eigenvalue weighted by molar-refractivity contribution is 0.0739. The summed E-state index contributed by atoms with van der Waals surface area (Å²) in [6.07, 6.45) is 11.1. The molecule has 0 atom stereocenters. The normalized spacial score (nSPS) is 13.7. The molecule has 0 unspecified atom stereocenters. The number of aromatic nitrogens is 5. The molecule has 0 aliphatic heterocycles. The van der Waals surface area contributed by atoms with Crippen LogP contribution in [-0.2, 0) is 5.60 Å². The van der Waals surface area contributed by atoms with E-state index in [0.29, 0.717) is 29.1 Å². The maximum atomic E-state index is 10.2. The van der Waals surface area contributed by atoms with Crippen molar-refractivity contribution in [1.82, 2.24) is 24.7 Å². The summed E-state index contributed by atoms with van der Waals surface area (Å²) in [6, 6.07) is 11.6. The Hall–Kier alpha value is -3.78. The summed E-state index contributed by atoms with van der Waals surface area (Å²) in [5.74, 6) is 1.95. The first kappa shape index (κ1) is 20.1. The van der Waals surface area contributed by atoms with Gasteiger partial charge in [0.15, 0.2) is 5.75 Å². The molecule has 0 amide bonds. The van der Waals surface area contributed by atoms with Crippen LogP contribution in [0.15, 0.2) is 67.4 Å². The van der Waals surface area contributed by atoms with E-state index < -0.39 is 5.60 Å². The summed E-state index contributed by atoms with van der Waals surface area (Å²) < 4.78 is 8.23. The molecule has 0 aromatic carbocycles. The van der Waals surface area contributed by atoms with Crippen molar-refractivity contribution in [3.8, 4) is 22.8 Å². The number of rotatable bonds is 7. The average Bonchev–Trinajstić information content (AvgIpc) is 3.55. The zero-order valence-corrected chi connectivity index (χ0v) is 17.9. The van der Waals surface area contributed by atoms with Crippen molar-refractivity contribution < 1.29 is 9.84 Å². The van der Waals surface area contributed by atoms with Crippen molar-refractivity contribution in [2.45, 2.75) is 38.3 Å². The highest BCUT2D eigenvalue weighted by Crippen LogP contribution is 2.39. The fraction of sp³-hybridized carbons (Fsp3) is 0.250. The van der Waals surface area contributed by atoms with Crippen molar-refractivity contribution >= 4 is 11.5 Å². The molecule has 0 bridgehead atoms. The Labute approximate surface area is 186 Å². The Balaban J connectivity index is 1.40. The van der Waals surface area contributed by atoms with Crippen LogP contribution in [0.2, 0.25) is 0 Å². The zero-order valence-electron chi connectivity index (χ0n) is 17.9. The first-order valence-corrected chi connectivity index (χ1v) is 10.5. The molecule has 4 aromatic rings. The summed E-state index contributed by atoms with van der Waals surface area (Å²) >= 11 is 0. The number of ether oxygens (including phenoxy) is 1. The van der Waals surface area contributed by atoms with E-state index in [-0.39, 0.29) is 0 Å². The second-order valence-electron chi connectivity index (χ2n) is 8.38. The third-order valence-electron chi connectivity index (χ3n) is 5.19. The maximum absolute atomic E-state index is 10.2. The molecule has 4 heterocycles. The number of hydrogen-bond acceptors (Lipinski definition) is 7. The molecule has 0 radical (unpaired) electrons. The molecule has 1 aliphatic carbocycles. The molecule has 8 heteroatoms. The summed E-state index contributed by atoms with van der Waals surface area (Å²) in [5, 5.41) is 18.2. The van der Waals surface area contributed by atoms with Gasteiger partial charge in [-0.15, -0.1) is 0 Å². The van der Waals surface area contributed by atoms with Crippen molar-refractivity contribution in [3.05, 3.63) is 73.1 Å². The van der Waals surface area contributed by atoms with Crippen molar-refractivity contribution in [2.75, 3.05) is 5.32 Å². The van der Waals surface area contributed by atoms with E-state index >= 15 is 0 Å². The van der Waals surface area contributed by atoms with Gasteiger partial charge >= 0.3 is 0 Å². The van der Waals surface area contributed by atoms with Gasteiger partial charge in [0.1, 0.15) is 22.9 Å². The van der Waals surface area contributed by atoms with Gasteiger partial charge in [-0.3, -0.25) is 14.6 Å². The van der Waals surface area contributed by atoms with Crippen molar-refractivity contribution in [1.29, 1.82) is 0 Å². The van der Waals surface area contributed by atoms with Crippen LogP contribution in [0.4, 0.5) is 11.5 Å². The molecule has 5 rings (SSSR count). The Morgan fingerprint density at radius 3 is 2.56 bits per heavy atom. The predicted molar refractivity (Wildman–Crippen MR) is 121 cm³/mol. The first-order valence-electron chi connectivity index (χ1n) is 10.5. The predicted octanol–water partition coefficient (Wildman–Crippen LogP) is 4.83. The second-order valence-corrected chi connectivity index (χ2v) is 8.38. The summed E-state index contributed by atoms with van der Waals surface area (Å²) in [5.41, 5.74) is 2.07. The van der Waals surface area contributed by atoms with Gasteiger partial charge in [-0.25, -0.2) is 4.98 Å². The van der Waals surface area contributed by atoms with E-state index in [1.165, 1.54) is 0 Å². The molecule has 8 nitrogen and oxygen atoms in total. The highest BCUT2D eigenvalue weighted by molar-refractivity contribution is 5.66. The Morgan fingerprint density at radius 2 is 1.81 bits per heavy atom. The van der Waals surface area contributed by atoms with Crippen LogP contribution in [0.25, 0.3) is 11.3 Å². The van der Waals surface area contributed by atoms with E-state index in [1.54, 1.807) is 44.7 Å². The van der Waals surface area contributed by atoms with Crippen molar-refractivity contribution in [2.24, 2.45) is 0 Å². The van der Waals surface area contributed by atoms with E-state index in [4.69, 9.17) is 9.84 Å². The molecule has 1 saturated carbocycles. The number of anilines is 2. The van der Waals surface area contributed by atoms with E-state index in [1.807, 2.05) is 41.2 Å². The van der Waals surface area contributed by atoms with Gasteiger partial charge in [-0.2, -0.15) is 5.10 Å². The third-order valence-corrected chi connectivity index (χ3v) is 5.19. The topological polar surface area (TPSA) is 98.0 Å². The maximum Gasteiger partial charge on any atom is 0.173 e. The molecule has 2 N–H and O–H groups in total. The van der Waals surface area contributed by atoms with Crippen molar-refractivity contribution in [3.63, 3.8) is 0 Å². The standard InChI is InChI=1S/C24H24N6O2/c1-24(2,31)21-13-17(7-11-26-21)28-22-14-19(8-12-27-22)32-20-15-30(18-3-4-18)29-23(20)16-5-9-25-10-6-16/h5-15,18,31H,3-4H2,1-2H3,(H,26,27,28).